The molecule has 1 aromatic carbocycles. The number of Topliss-reactive ketones (excluding diaryl/α,β-unsaturated/α-hetero) is 1. The Morgan fingerprint density at radius 2 is 2.00 bits per heavy atom. The molecule has 2 rings (SSSR count). The summed E-state index contributed by atoms with van der Waals surface area (Å²) in [6.07, 6.45) is 1.09. The molecule has 74 valence electrons. The van der Waals surface area contributed by atoms with Crippen LogP contribution in [0.25, 0.3) is 0 Å². The number of urea groups is 1. The van der Waals surface area contributed by atoms with E-state index in [1.807, 2.05) is 0 Å². The first-order valence-electron chi connectivity index (χ1n) is 4.18. The highest BCUT2D eigenvalue weighted by molar-refractivity contribution is 6.67. The van der Waals surface area contributed by atoms with E-state index in [2.05, 4.69) is 9.98 Å². The minimum Gasteiger partial charge on any atom is -0.507 e. The lowest BCUT2D eigenvalue weighted by Crippen LogP contribution is -2.13. The van der Waals surface area contributed by atoms with Crippen LogP contribution in [0.5, 0.6) is 5.75 Å². The van der Waals surface area contributed by atoms with Gasteiger partial charge in [-0.1, -0.05) is 12.1 Å². The van der Waals surface area contributed by atoms with E-state index in [1.165, 1.54) is 12.1 Å². The summed E-state index contributed by atoms with van der Waals surface area (Å²) in [6.45, 7) is 0. The van der Waals surface area contributed by atoms with E-state index in [1.54, 1.807) is 12.1 Å². The number of aliphatic imine (C=N–C) groups is 2. The van der Waals surface area contributed by atoms with Gasteiger partial charge in [-0.25, -0.2) is 4.79 Å². The maximum Gasteiger partial charge on any atom is 0.367 e. The summed E-state index contributed by atoms with van der Waals surface area (Å²) in [5.74, 6) is -0.652. The molecule has 0 aromatic heterocycles. The Morgan fingerprint density at radius 3 is 2.60 bits per heavy atom. The first-order chi connectivity index (χ1) is 7.18. The number of ketones is 1. The number of carbonyl (C=O) groups is 2. The smallest absolute Gasteiger partial charge is 0.367 e. The van der Waals surface area contributed by atoms with Crippen molar-refractivity contribution in [3.63, 3.8) is 0 Å². The molecule has 1 aliphatic heterocycles. The summed E-state index contributed by atoms with van der Waals surface area (Å²) in [4.78, 5) is 29.1. The van der Waals surface area contributed by atoms with Crippen LogP contribution in [0, 0.1) is 0 Å². The quantitative estimate of drug-likeness (QED) is 0.732. The molecule has 1 aliphatic rings. The number of benzene rings is 1. The Bertz CT molecular complexity index is 503. The number of aromatic hydroxyl groups is 1. The average molecular weight is 202 g/mol. The van der Waals surface area contributed by atoms with Crippen LogP contribution >= 0.6 is 0 Å². The molecule has 0 fully saturated rings. The number of amides is 2. The summed E-state index contributed by atoms with van der Waals surface area (Å²) in [5, 5.41) is 9.40. The van der Waals surface area contributed by atoms with Gasteiger partial charge in [-0.2, -0.15) is 9.98 Å². The zero-order valence-corrected chi connectivity index (χ0v) is 7.54. The van der Waals surface area contributed by atoms with E-state index < -0.39 is 11.8 Å². The zero-order chi connectivity index (χ0) is 10.8. The minimum atomic E-state index is -0.700. The lowest BCUT2D eigenvalue weighted by Gasteiger charge is -2.00. The van der Waals surface area contributed by atoms with Crippen molar-refractivity contribution >= 4 is 23.7 Å². The van der Waals surface area contributed by atoms with Crippen LogP contribution in [0.4, 0.5) is 4.79 Å². The number of hydrogen-bond donors (Lipinski definition) is 1. The SMILES string of the molecule is O=C1N=CC(C(=O)c2ccccc2O)=N1. The van der Waals surface area contributed by atoms with Gasteiger partial charge < -0.3 is 5.11 Å². The molecule has 1 heterocycles. The van der Waals surface area contributed by atoms with E-state index in [9.17, 15) is 14.7 Å². The number of nitrogens with zero attached hydrogens (tertiary/aromatic N) is 2. The van der Waals surface area contributed by atoms with Crippen LogP contribution in [-0.2, 0) is 0 Å². The Kier molecular flexibility index (Phi) is 2.13. The number of phenols is 1. The normalized spacial score (nSPS) is 14.1. The molecule has 1 aromatic rings. The monoisotopic (exact) mass is 202 g/mol. The van der Waals surface area contributed by atoms with Crippen LogP contribution in [-0.4, -0.2) is 28.8 Å². The van der Waals surface area contributed by atoms with Crippen LogP contribution in [0.15, 0.2) is 34.3 Å². The van der Waals surface area contributed by atoms with E-state index >= 15 is 0 Å². The summed E-state index contributed by atoms with van der Waals surface area (Å²) in [7, 11) is 0. The Morgan fingerprint density at radius 1 is 1.27 bits per heavy atom. The maximum atomic E-state index is 11.7. The highest BCUT2D eigenvalue weighted by Crippen LogP contribution is 2.17. The number of phenolic OH excluding ortho intramolecular Hbond substituents is 1. The molecule has 0 radical (unpaired) electrons. The molecular formula is C10H6N2O3. The van der Waals surface area contributed by atoms with E-state index in [4.69, 9.17) is 0 Å². The molecule has 15 heavy (non-hydrogen) atoms. The third-order valence-corrected chi connectivity index (χ3v) is 1.89. The third kappa shape index (κ3) is 1.67. The molecule has 0 aliphatic carbocycles. The van der Waals surface area contributed by atoms with Crippen molar-refractivity contribution in [2.75, 3.05) is 0 Å². The summed E-state index contributed by atoms with van der Waals surface area (Å²) < 4.78 is 0. The first kappa shape index (κ1) is 9.26. The van der Waals surface area contributed by atoms with Gasteiger partial charge in [0.1, 0.15) is 11.5 Å². The van der Waals surface area contributed by atoms with Crippen molar-refractivity contribution in [1.82, 2.24) is 0 Å². The zero-order valence-electron chi connectivity index (χ0n) is 7.54. The first-order valence-corrected chi connectivity index (χ1v) is 4.18. The second-order valence-electron chi connectivity index (χ2n) is 2.88. The second kappa shape index (κ2) is 3.45. The van der Waals surface area contributed by atoms with Crippen molar-refractivity contribution in [3.05, 3.63) is 29.8 Å². The third-order valence-electron chi connectivity index (χ3n) is 1.89. The van der Waals surface area contributed by atoms with E-state index in [0.29, 0.717) is 0 Å². The molecular weight excluding hydrogens is 196 g/mol. The highest BCUT2D eigenvalue weighted by atomic mass is 16.3. The fourth-order valence-corrected chi connectivity index (χ4v) is 1.19. The van der Waals surface area contributed by atoms with Crippen LogP contribution in [0.3, 0.4) is 0 Å². The van der Waals surface area contributed by atoms with Gasteiger partial charge in [0.25, 0.3) is 0 Å². The Balaban J connectivity index is 2.38. The number of carbonyl (C=O) groups excluding carboxylic acids is 2. The van der Waals surface area contributed by atoms with Gasteiger partial charge in [0, 0.05) is 0 Å². The van der Waals surface area contributed by atoms with Crippen LogP contribution < -0.4 is 0 Å². The predicted octanol–water partition coefficient (Wildman–Crippen LogP) is 1.22. The topological polar surface area (TPSA) is 79.1 Å². The molecule has 1 N–H and O–H groups in total. The molecule has 0 spiro atoms. The Hall–Kier alpha value is -2.30. The number of hydrogen-bond acceptors (Lipinski definition) is 3. The second-order valence-corrected chi connectivity index (χ2v) is 2.88. The summed E-state index contributed by atoms with van der Waals surface area (Å²) in [6, 6.07) is 5.36. The molecule has 0 saturated carbocycles. The predicted molar refractivity (Wildman–Crippen MR) is 53.8 cm³/mol. The van der Waals surface area contributed by atoms with Gasteiger partial charge >= 0.3 is 6.03 Å². The Labute approximate surface area is 84.8 Å². The molecule has 0 unspecified atom stereocenters. The van der Waals surface area contributed by atoms with Crippen LogP contribution in [0.1, 0.15) is 10.4 Å². The minimum absolute atomic E-state index is 0.0542. The highest BCUT2D eigenvalue weighted by Gasteiger charge is 2.20. The fraction of sp³-hybridized carbons (Fsp3) is 0. The summed E-state index contributed by atoms with van der Waals surface area (Å²) in [5.41, 5.74) is 0.0545. The van der Waals surface area contributed by atoms with Gasteiger partial charge in [-0.3, -0.25) is 4.79 Å². The number of rotatable bonds is 2. The van der Waals surface area contributed by atoms with Gasteiger partial charge in [0.2, 0.25) is 5.78 Å². The molecule has 0 bridgehead atoms. The average Bonchev–Trinajstić information content (AvgIpc) is 2.65. The largest absolute Gasteiger partial charge is 0.507 e. The fourth-order valence-electron chi connectivity index (χ4n) is 1.19. The molecule has 5 heteroatoms. The van der Waals surface area contributed by atoms with Gasteiger partial charge in [-0.15, -0.1) is 0 Å². The number of para-hydroxylation sites is 1. The van der Waals surface area contributed by atoms with E-state index in [-0.39, 0.29) is 17.0 Å². The molecule has 0 saturated heterocycles. The summed E-state index contributed by atoms with van der Waals surface area (Å²) >= 11 is 0. The molecule has 2 amide bonds. The molecule has 5 nitrogen and oxygen atoms in total. The maximum absolute atomic E-state index is 11.7. The lowest BCUT2D eigenvalue weighted by atomic mass is 10.1. The van der Waals surface area contributed by atoms with Crippen molar-refractivity contribution < 1.29 is 14.7 Å². The van der Waals surface area contributed by atoms with Crippen molar-refractivity contribution in [2.24, 2.45) is 9.98 Å². The lowest BCUT2D eigenvalue weighted by molar-refractivity contribution is 0.106. The van der Waals surface area contributed by atoms with Gasteiger partial charge in [-0.05, 0) is 12.1 Å². The van der Waals surface area contributed by atoms with Crippen molar-refractivity contribution in [2.45, 2.75) is 0 Å². The molecule has 0 atom stereocenters. The van der Waals surface area contributed by atoms with E-state index in [0.717, 1.165) is 6.21 Å². The van der Waals surface area contributed by atoms with Crippen LogP contribution in [0.2, 0.25) is 0 Å². The van der Waals surface area contributed by atoms with Gasteiger partial charge in [0.15, 0.2) is 0 Å². The van der Waals surface area contributed by atoms with Crippen molar-refractivity contribution in [1.29, 1.82) is 0 Å². The van der Waals surface area contributed by atoms with Gasteiger partial charge in [0.05, 0.1) is 11.8 Å². The standard InChI is InChI=1S/C10H6N2O3/c13-8-4-2-1-3-6(8)9(14)7-5-11-10(15)12-7/h1-5,13H. The van der Waals surface area contributed by atoms with Crippen molar-refractivity contribution in [3.8, 4) is 5.75 Å².